The Bertz CT molecular complexity index is 151. The molecule has 0 unspecified atom stereocenters. The summed E-state index contributed by atoms with van der Waals surface area (Å²) in [6.07, 6.45) is 12.3. The van der Waals surface area contributed by atoms with E-state index in [0.29, 0.717) is 12.2 Å². The van der Waals surface area contributed by atoms with E-state index in [4.69, 9.17) is 9.47 Å². The van der Waals surface area contributed by atoms with Crippen molar-refractivity contribution in [1.29, 1.82) is 0 Å². The molecule has 0 radical (unpaired) electrons. The van der Waals surface area contributed by atoms with Crippen LogP contribution in [0.25, 0.3) is 0 Å². The van der Waals surface area contributed by atoms with Crippen molar-refractivity contribution in [3.05, 3.63) is 0 Å². The maximum Gasteiger partial charge on any atom is 0.158 e. The fraction of sp³-hybridized carbons (Fsp3) is 1.00. The maximum atomic E-state index is 6.00. The van der Waals surface area contributed by atoms with Crippen LogP contribution in [0.3, 0.4) is 0 Å². The Morgan fingerprint density at radius 1 is 0.867 bits per heavy atom. The van der Waals surface area contributed by atoms with Crippen LogP contribution in [-0.4, -0.2) is 18.5 Å². The minimum absolute atomic E-state index is 0.0659. The highest BCUT2D eigenvalue weighted by Crippen LogP contribution is 2.27. The predicted octanol–water partition coefficient (Wildman–Crippen LogP) is 3.64. The smallest absolute Gasteiger partial charge is 0.158 e. The molecule has 0 aromatic rings. The van der Waals surface area contributed by atoms with Gasteiger partial charge in [-0.05, 0) is 32.1 Å². The highest BCUT2D eigenvalue weighted by Gasteiger charge is 2.24. The van der Waals surface area contributed by atoms with Gasteiger partial charge in [0.25, 0.3) is 0 Å². The van der Waals surface area contributed by atoms with E-state index in [9.17, 15) is 0 Å². The first-order chi connectivity index (χ1) is 7.38. The van der Waals surface area contributed by atoms with E-state index in [1.54, 1.807) is 0 Å². The third-order valence-electron chi connectivity index (χ3n) is 3.63. The molecule has 0 bridgehead atoms. The molecule has 0 amide bonds. The lowest BCUT2D eigenvalue weighted by atomic mass is 10.3. The Balaban J connectivity index is 1.70. The zero-order chi connectivity index (χ0) is 10.5. The molecular weight excluding hydrogens is 188 g/mol. The van der Waals surface area contributed by atoms with Crippen molar-refractivity contribution in [2.45, 2.75) is 83.2 Å². The van der Waals surface area contributed by atoms with Crippen molar-refractivity contribution >= 4 is 0 Å². The Kier molecular flexibility index (Phi) is 4.45. The summed E-state index contributed by atoms with van der Waals surface area (Å²) >= 11 is 0. The van der Waals surface area contributed by atoms with Gasteiger partial charge in [0, 0.05) is 0 Å². The second-order valence-electron chi connectivity index (χ2n) is 4.92. The molecule has 2 saturated carbocycles. The van der Waals surface area contributed by atoms with Crippen molar-refractivity contribution < 1.29 is 9.47 Å². The SMILES string of the molecule is CCC(OC1CCCC1)OC1CCCC1. The van der Waals surface area contributed by atoms with Gasteiger partial charge in [0.2, 0.25) is 0 Å². The average Bonchev–Trinajstić information content (AvgIpc) is 2.89. The molecule has 0 N–H and O–H groups in total. The van der Waals surface area contributed by atoms with Gasteiger partial charge in [-0.1, -0.05) is 32.6 Å². The quantitative estimate of drug-likeness (QED) is 0.648. The molecule has 0 heterocycles. The van der Waals surface area contributed by atoms with Crippen molar-refractivity contribution in [2.75, 3.05) is 0 Å². The first-order valence-electron chi connectivity index (χ1n) is 6.69. The molecule has 2 aliphatic carbocycles. The molecule has 15 heavy (non-hydrogen) atoms. The van der Waals surface area contributed by atoms with Crippen LogP contribution >= 0.6 is 0 Å². The highest BCUT2D eigenvalue weighted by atomic mass is 16.7. The molecule has 0 atom stereocenters. The summed E-state index contributed by atoms with van der Waals surface area (Å²) in [6, 6.07) is 0. The Morgan fingerprint density at radius 2 is 1.27 bits per heavy atom. The van der Waals surface area contributed by atoms with Gasteiger partial charge in [-0.15, -0.1) is 0 Å². The van der Waals surface area contributed by atoms with Crippen LogP contribution in [0.1, 0.15) is 64.7 Å². The molecule has 2 rings (SSSR count). The predicted molar refractivity (Wildman–Crippen MR) is 60.8 cm³/mol. The molecule has 0 spiro atoms. The zero-order valence-corrected chi connectivity index (χ0v) is 9.91. The monoisotopic (exact) mass is 212 g/mol. The van der Waals surface area contributed by atoms with Crippen molar-refractivity contribution in [3.63, 3.8) is 0 Å². The minimum Gasteiger partial charge on any atom is -0.349 e. The Labute approximate surface area is 93.3 Å². The second-order valence-corrected chi connectivity index (χ2v) is 4.92. The summed E-state index contributed by atoms with van der Waals surface area (Å²) in [5.41, 5.74) is 0. The summed E-state index contributed by atoms with van der Waals surface area (Å²) in [7, 11) is 0. The molecular formula is C13H24O2. The Morgan fingerprint density at radius 3 is 1.60 bits per heavy atom. The maximum absolute atomic E-state index is 6.00. The summed E-state index contributed by atoms with van der Waals surface area (Å²) in [6.45, 7) is 2.16. The molecule has 88 valence electrons. The molecule has 0 aromatic heterocycles. The third kappa shape index (κ3) is 3.46. The lowest BCUT2D eigenvalue weighted by Crippen LogP contribution is -2.26. The highest BCUT2D eigenvalue weighted by molar-refractivity contribution is 4.70. The minimum atomic E-state index is 0.0659. The zero-order valence-electron chi connectivity index (χ0n) is 9.91. The van der Waals surface area contributed by atoms with Crippen molar-refractivity contribution in [1.82, 2.24) is 0 Å². The van der Waals surface area contributed by atoms with Gasteiger partial charge >= 0.3 is 0 Å². The summed E-state index contributed by atoms with van der Waals surface area (Å²) in [5.74, 6) is 0. The number of hydrogen-bond acceptors (Lipinski definition) is 2. The van der Waals surface area contributed by atoms with Gasteiger partial charge in [0.05, 0.1) is 12.2 Å². The summed E-state index contributed by atoms with van der Waals surface area (Å²) in [5, 5.41) is 0. The van der Waals surface area contributed by atoms with E-state index in [2.05, 4.69) is 6.92 Å². The van der Waals surface area contributed by atoms with Gasteiger partial charge < -0.3 is 9.47 Å². The van der Waals surface area contributed by atoms with Crippen LogP contribution in [0, 0.1) is 0 Å². The molecule has 2 aliphatic rings. The summed E-state index contributed by atoms with van der Waals surface area (Å²) in [4.78, 5) is 0. The molecule has 2 nitrogen and oxygen atoms in total. The topological polar surface area (TPSA) is 18.5 Å². The van der Waals surface area contributed by atoms with E-state index >= 15 is 0 Å². The first kappa shape index (κ1) is 11.4. The molecule has 0 aliphatic heterocycles. The van der Waals surface area contributed by atoms with Crippen LogP contribution in [0.5, 0.6) is 0 Å². The van der Waals surface area contributed by atoms with E-state index in [1.807, 2.05) is 0 Å². The van der Waals surface area contributed by atoms with Gasteiger partial charge in [0.1, 0.15) is 0 Å². The van der Waals surface area contributed by atoms with Crippen LogP contribution in [0.2, 0.25) is 0 Å². The van der Waals surface area contributed by atoms with E-state index < -0.39 is 0 Å². The lowest BCUT2D eigenvalue weighted by molar-refractivity contribution is -0.192. The molecule has 2 fully saturated rings. The number of ether oxygens (including phenoxy) is 2. The largest absolute Gasteiger partial charge is 0.349 e. The van der Waals surface area contributed by atoms with Crippen LogP contribution in [0.4, 0.5) is 0 Å². The normalized spacial score (nSPS) is 24.4. The van der Waals surface area contributed by atoms with Crippen LogP contribution in [-0.2, 0) is 9.47 Å². The van der Waals surface area contributed by atoms with E-state index in [1.165, 1.54) is 51.4 Å². The second kappa shape index (κ2) is 5.86. The first-order valence-corrected chi connectivity index (χ1v) is 6.69. The van der Waals surface area contributed by atoms with Crippen LogP contribution < -0.4 is 0 Å². The third-order valence-corrected chi connectivity index (χ3v) is 3.63. The summed E-state index contributed by atoms with van der Waals surface area (Å²) < 4.78 is 12.0. The van der Waals surface area contributed by atoms with Crippen molar-refractivity contribution in [3.8, 4) is 0 Å². The van der Waals surface area contributed by atoms with Gasteiger partial charge in [-0.3, -0.25) is 0 Å². The fourth-order valence-electron chi connectivity index (χ4n) is 2.70. The molecule has 2 heteroatoms. The number of rotatable bonds is 5. The van der Waals surface area contributed by atoms with E-state index in [-0.39, 0.29) is 6.29 Å². The standard InChI is InChI=1S/C13H24O2/c1-2-13(14-11-7-3-4-8-11)15-12-9-5-6-10-12/h11-13H,2-10H2,1H3. The Hall–Kier alpha value is -0.0800. The molecule has 0 saturated heterocycles. The lowest BCUT2D eigenvalue weighted by Gasteiger charge is -2.24. The van der Waals surface area contributed by atoms with Gasteiger partial charge in [-0.2, -0.15) is 0 Å². The van der Waals surface area contributed by atoms with Gasteiger partial charge in [0.15, 0.2) is 6.29 Å². The fourth-order valence-corrected chi connectivity index (χ4v) is 2.70. The van der Waals surface area contributed by atoms with E-state index in [0.717, 1.165) is 6.42 Å². The average molecular weight is 212 g/mol. The van der Waals surface area contributed by atoms with Crippen LogP contribution in [0.15, 0.2) is 0 Å². The number of hydrogen-bond donors (Lipinski definition) is 0. The van der Waals surface area contributed by atoms with Gasteiger partial charge in [-0.25, -0.2) is 0 Å². The molecule has 0 aromatic carbocycles. The van der Waals surface area contributed by atoms with Crippen molar-refractivity contribution in [2.24, 2.45) is 0 Å².